The SMILES string of the molecule is CCCCN(CCCCC[CH]N=C=O)C(=O)OCC. The highest BCUT2D eigenvalue weighted by Gasteiger charge is 2.12. The molecule has 1 radical (unpaired) electrons. The number of aliphatic imine (C=N–C) groups is 1. The van der Waals surface area contributed by atoms with Crippen LogP contribution in [0.1, 0.15) is 52.4 Å². The molecule has 5 nitrogen and oxygen atoms in total. The summed E-state index contributed by atoms with van der Waals surface area (Å²) in [5, 5.41) is 0. The fourth-order valence-corrected chi connectivity index (χ4v) is 1.67. The van der Waals surface area contributed by atoms with E-state index in [9.17, 15) is 9.59 Å². The first-order valence-electron chi connectivity index (χ1n) is 7.06. The van der Waals surface area contributed by atoms with Crippen molar-refractivity contribution in [1.82, 2.24) is 4.90 Å². The molecule has 0 rings (SSSR count). The Bertz CT molecular complexity index is 276. The van der Waals surface area contributed by atoms with Crippen molar-refractivity contribution in [3.05, 3.63) is 6.54 Å². The Morgan fingerprint density at radius 3 is 2.58 bits per heavy atom. The number of nitrogens with zero attached hydrogens (tertiary/aromatic N) is 2. The number of unbranched alkanes of at least 4 members (excludes halogenated alkanes) is 4. The molecule has 1 amide bonds. The van der Waals surface area contributed by atoms with Gasteiger partial charge in [0.1, 0.15) is 0 Å². The molecule has 19 heavy (non-hydrogen) atoms. The summed E-state index contributed by atoms with van der Waals surface area (Å²) in [7, 11) is 0. The van der Waals surface area contributed by atoms with Gasteiger partial charge in [0.15, 0.2) is 0 Å². The Morgan fingerprint density at radius 2 is 1.95 bits per heavy atom. The molecule has 0 heterocycles. The number of hydrogen-bond acceptors (Lipinski definition) is 4. The van der Waals surface area contributed by atoms with Gasteiger partial charge in [0.2, 0.25) is 6.08 Å². The molecule has 109 valence electrons. The molecule has 0 saturated heterocycles. The molecule has 0 spiro atoms. The maximum absolute atomic E-state index is 11.7. The summed E-state index contributed by atoms with van der Waals surface area (Å²) in [4.78, 5) is 26.7. The summed E-state index contributed by atoms with van der Waals surface area (Å²) in [5.74, 6) is 0. The van der Waals surface area contributed by atoms with Crippen molar-refractivity contribution in [3.63, 3.8) is 0 Å². The Kier molecular flexibility index (Phi) is 12.2. The maximum Gasteiger partial charge on any atom is 0.409 e. The molecular weight excluding hydrogens is 244 g/mol. The lowest BCUT2D eigenvalue weighted by Crippen LogP contribution is -2.33. The molecule has 0 aromatic carbocycles. The highest BCUT2D eigenvalue weighted by molar-refractivity contribution is 5.67. The molecule has 0 aromatic rings. The van der Waals surface area contributed by atoms with E-state index in [-0.39, 0.29) is 6.09 Å². The van der Waals surface area contributed by atoms with Gasteiger partial charge in [-0.3, -0.25) is 0 Å². The highest BCUT2D eigenvalue weighted by atomic mass is 16.6. The third-order valence-corrected chi connectivity index (χ3v) is 2.71. The molecule has 0 aliphatic heterocycles. The second-order valence-corrected chi connectivity index (χ2v) is 4.29. The molecule has 5 heteroatoms. The van der Waals surface area contributed by atoms with Crippen LogP contribution in [0.4, 0.5) is 4.79 Å². The summed E-state index contributed by atoms with van der Waals surface area (Å²) >= 11 is 0. The van der Waals surface area contributed by atoms with Crippen LogP contribution in [0.3, 0.4) is 0 Å². The van der Waals surface area contributed by atoms with Gasteiger partial charge in [-0.1, -0.05) is 26.2 Å². The zero-order valence-electron chi connectivity index (χ0n) is 12.1. The van der Waals surface area contributed by atoms with Crippen LogP contribution in [0.15, 0.2) is 4.99 Å². The predicted molar refractivity (Wildman–Crippen MR) is 74.4 cm³/mol. The van der Waals surface area contributed by atoms with Crippen LogP contribution in [0.2, 0.25) is 0 Å². The number of isocyanates is 1. The first-order valence-corrected chi connectivity index (χ1v) is 7.06. The minimum absolute atomic E-state index is 0.215. The number of carbonyl (C=O) groups is 1. The van der Waals surface area contributed by atoms with Crippen LogP contribution in [0.25, 0.3) is 0 Å². The van der Waals surface area contributed by atoms with E-state index < -0.39 is 0 Å². The van der Waals surface area contributed by atoms with Crippen LogP contribution in [-0.4, -0.2) is 36.8 Å². The minimum Gasteiger partial charge on any atom is -0.450 e. The second kappa shape index (κ2) is 13.1. The van der Waals surface area contributed by atoms with Crippen molar-refractivity contribution in [1.29, 1.82) is 0 Å². The Morgan fingerprint density at radius 1 is 1.21 bits per heavy atom. The number of hydrogen-bond donors (Lipinski definition) is 0. The quantitative estimate of drug-likeness (QED) is 0.328. The van der Waals surface area contributed by atoms with Crippen LogP contribution in [0.5, 0.6) is 0 Å². The average Bonchev–Trinajstić information content (AvgIpc) is 2.41. The summed E-state index contributed by atoms with van der Waals surface area (Å²) in [6, 6.07) is 0. The van der Waals surface area contributed by atoms with Crippen molar-refractivity contribution in [2.75, 3.05) is 19.7 Å². The first-order chi connectivity index (χ1) is 9.26. The first kappa shape index (κ1) is 17.6. The fourth-order valence-electron chi connectivity index (χ4n) is 1.67. The molecule has 0 saturated carbocycles. The smallest absolute Gasteiger partial charge is 0.409 e. The van der Waals surface area contributed by atoms with Gasteiger partial charge in [0, 0.05) is 13.1 Å². The van der Waals surface area contributed by atoms with Gasteiger partial charge < -0.3 is 9.64 Å². The van der Waals surface area contributed by atoms with Gasteiger partial charge in [-0.15, -0.1) is 0 Å². The summed E-state index contributed by atoms with van der Waals surface area (Å²) < 4.78 is 5.03. The Hall–Kier alpha value is -1.35. The van der Waals surface area contributed by atoms with E-state index in [2.05, 4.69) is 11.9 Å². The van der Waals surface area contributed by atoms with E-state index in [0.717, 1.165) is 51.6 Å². The molecule has 0 N–H and O–H groups in total. The summed E-state index contributed by atoms with van der Waals surface area (Å²) in [5.41, 5.74) is 0. The van der Waals surface area contributed by atoms with Crippen molar-refractivity contribution < 1.29 is 14.3 Å². The molecule has 0 aliphatic carbocycles. The van der Waals surface area contributed by atoms with E-state index in [1.54, 1.807) is 11.4 Å². The third kappa shape index (κ3) is 10.3. The molecule has 0 aliphatic rings. The van der Waals surface area contributed by atoms with Crippen molar-refractivity contribution in [3.8, 4) is 0 Å². The lowest BCUT2D eigenvalue weighted by atomic mass is 10.2. The van der Waals surface area contributed by atoms with Gasteiger partial charge in [0.25, 0.3) is 0 Å². The van der Waals surface area contributed by atoms with E-state index in [4.69, 9.17) is 4.74 Å². The topological polar surface area (TPSA) is 59.0 Å². The molecular formula is C14H25N2O3. The zero-order chi connectivity index (χ0) is 14.3. The third-order valence-electron chi connectivity index (χ3n) is 2.71. The van der Waals surface area contributed by atoms with Crippen molar-refractivity contribution in [2.45, 2.75) is 52.4 Å². The van der Waals surface area contributed by atoms with Gasteiger partial charge in [-0.25, -0.2) is 14.6 Å². The minimum atomic E-state index is -0.215. The number of amides is 1. The fraction of sp³-hybridized carbons (Fsp3) is 0.786. The predicted octanol–water partition coefficient (Wildman–Crippen LogP) is 3.30. The van der Waals surface area contributed by atoms with E-state index in [1.165, 1.54) is 6.08 Å². The standard InChI is InChI=1S/C14H25N2O3/c1-3-5-11-16(14(18)19-4-2)12-9-7-6-8-10-15-13-17/h10H,3-9,11-12H2,1-2H3. The van der Waals surface area contributed by atoms with Crippen molar-refractivity contribution >= 4 is 12.2 Å². The van der Waals surface area contributed by atoms with Crippen LogP contribution in [0, 0.1) is 6.54 Å². The highest BCUT2D eigenvalue weighted by Crippen LogP contribution is 2.06. The lowest BCUT2D eigenvalue weighted by Gasteiger charge is -2.21. The van der Waals surface area contributed by atoms with Gasteiger partial charge in [-0.05, 0) is 26.2 Å². The monoisotopic (exact) mass is 269 g/mol. The van der Waals surface area contributed by atoms with Crippen LogP contribution >= 0.6 is 0 Å². The molecule has 0 fully saturated rings. The van der Waals surface area contributed by atoms with Crippen LogP contribution < -0.4 is 0 Å². The summed E-state index contributed by atoms with van der Waals surface area (Å²) in [6.45, 7) is 7.41. The average molecular weight is 269 g/mol. The normalized spacial score (nSPS) is 9.79. The van der Waals surface area contributed by atoms with E-state index in [0.29, 0.717) is 6.61 Å². The van der Waals surface area contributed by atoms with Gasteiger partial charge >= 0.3 is 6.09 Å². The van der Waals surface area contributed by atoms with Gasteiger partial charge in [0.05, 0.1) is 13.2 Å². The largest absolute Gasteiger partial charge is 0.450 e. The molecule has 0 bridgehead atoms. The molecule has 0 aromatic heterocycles. The molecule has 0 unspecified atom stereocenters. The number of rotatable bonds is 11. The second-order valence-electron chi connectivity index (χ2n) is 4.29. The van der Waals surface area contributed by atoms with Gasteiger partial charge in [-0.2, -0.15) is 0 Å². The maximum atomic E-state index is 11.7. The Labute approximate surface area is 116 Å². The van der Waals surface area contributed by atoms with E-state index in [1.807, 2.05) is 6.92 Å². The molecule has 0 atom stereocenters. The number of carbonyl (C=O) groups excluding carboxylic acids is 2. The van der Waals surface area contributed by atoms with Crippen LogP contribution in [-0.2, 0) is 9.53 Å². The Balaban J connectivity index is 3.78. The lowest BCUT2D eigenvalue weighted by molar-refractivity contribution is 0.106. The zero-order valence-corrected chi connectivity index (χ0v) is 12.1. The van der Waals surface area contributed by atoms with Crippen molar-refractivity contribution in [2.24, 2.45) is 4.99 Å². The van der Waals surface area contributed by atoms with E-state index >= 15 is 0 Å². The number of ether oxygens (including phenoxy) is 1. The summed E-state index contributed by atoms with van der Waals surface area (Å²) in [6.07, 6.45) is 7.03.